The second-order valence-electron chi connectivity index (χ2n) is 8.63. The summed E-state index contributed by atoms with van der Waals surface area (Å²) in [6.45, 7) is 11.9. The maximum absolute atomic E-state index is 12.5. The van der Waals surface area contributed by atoms with Crippen LogP contribution in [0, 0.1) is 11.3 Å². The van der Waals surface area contributed by atoms with E-state index in [0.717, 1.165) is 43.0 Å². The Balaban J connectivity index is 1.70. The summed E-state index contributed by atoms with van der Waals surface area (Å²) in [7, 11) is 0. The Bertz CT molecular complexity index is 772. The van der Waals surface area contributed by atoms with Gasteiger partial charge in [0.25, 0.3) is 0 Å². The Labute approximate surface area is 156 Å². The van der Waals surface area contributed by atoms with Crippen LogP contribution in [0.3, 0.4) is 0 Å². The number of rotatable bonds is 4. The Morgan fingerprint density at radius 3 is 2.73 bits per heavy atom. The number of aromatic nitrogens is 3. The molecule has 5 heteroatoms. The van der Waals surface area contributed by atoms with E-state index >= 15 is 0 Å². The summed E-state index contributed by atoms with van der Waals surface area (Å²) in [6, 6.07) is 8.53. The van der Waals surface area contributed by atoms with Crippen molar-refractivity contribution in [3.05, 3.63) is 36.2 Å². The van der Waals surface area contributed by atoms with Crippen LogP contribution >= 0.6 is 0 Å². The van der Waals surface area contributed by atoms with Gasteiger partial charge in [-0.1, -0.05) is 26.8 Å². The van der Waals surface area contributed by atoms with Crippen LogP contribution in [0.1, 0.15) is 52.8 Å². The van der Waals surface area contributed by atoms with Gasteiger partial charge in [0.1, 0.15) is 0 Å². The van der Waals surface area contributed by atoms with Gasteiger partial charge in [0.15, 0.2) is 0 Å². The van der Waals surface area contributed by atoms with Gasteiger partial charge < -0.3 is 4.90 Å². The zero-order valence-corrected chi connectivity index (χ0v) is 16.6. The number of hydrogen-bond acceptors (Lipinski definition) is 3. The number of carbonyl (C=O) groups excluding carboxylic acids is 1. The number of carbonyl (C=O) groups is 1. The number of amides is 1. The summed E-state index contributed by atoms with van der Waals surface area (Å²) < 4.78 is 2.01. The minimum atomic E-state index is -0.303. The van der Waals surface area contributed by atoms with E-state index in [2.05, 4.69) is 31.1 Å². The first kappa shape index (κ1) is 18.6. The van der Waals surface area contributed by atoms with Crippen molar-refractivity contribution in [1.29, 1.82) is 0 Å². The van der Waals surface area contributed by atoms with Crippen molar-refractivity contribution < 1.29 is 4.79 Å². The Morgan fingerprint density at radius 1 is 1.27 bits per heavy atom. The predicted octanol–water partition coefficient (Wildman–Crippen LogP) is 3.96. The second kappa shape index (κ2) is 7.22. The van der Waals surface area contributed by atoms with Crippen LogP contribution in [0.15, 0.2) is 30.5 Å². The van der Waals surface area contributed by atoms with E-state index in [-0.39, 0.29) is 11.3 Å². The number of pyridine rings is 1. The maximum atomic E-state index is 12.5. The third-order valence-corrected chi connectivity index (χ3v) is 4.94. The van der Waals surface area contributed by atoms with Crippen molar-refractivity contribution in [3.63, 3.8) is 0 Å². The molecule has 2 aromatic rings. The van der Waals surface area contributed by atoms with E-state index in [4.69, 9.17) is 4.98 Å². The van der Waals surface area contributed by atoms with E-state index in [0.29, 0.717) is 12.0 Å². The molecular weight excluding hydrogens is 324 g/mol. The molecule has 0 spiro atoms. The molecule has 0 N–H and O–H groups in total. The van der Waals surface area contributed by atoms with E-state index in [1.165, 1.54) is 0 Å². The molecule has 0 aromatic carbocycles. The van der Waals surface area contributed by atoms with Crippen LogP contribution in [-0.4, -0.2) is 38.7 Å². The quantitative estimate of drug-likeness (QED) is 0.835. The molecule has 1 aliphatic rings. The molecule has 2 aromatic heterocycles. The van der Waals surface area contributed by atoms with Crippen LogP contribution in [0.2, 0.25) is 0 Å². The summed E-state index contributed by atoms with van der Waals surface area (Å²) in [5, 5.41) is 4.41. The summed E-state index contributed by atoms with van der Waals surface area (Å²) in [6.07, 6.45) is 3.80. The fourth-order valence-corrected chi connectivity index (χ4v) is 3.62. The van der Waals surface area contributed by atoms with Gasteiger partial charge in [-0.25, -0.2) is 0 Å². The molecule has 0 unspecified atom stereocenters. The van der Waals surface area contributed by atoms with Gasteiger partial charge in [0, 0.05) is 36.4 Å². The number of likely N-dealkylation sites (tertiary alicyclic amines) is 1. The highest BCUT2D eigenvalue weighted by atomic mass is 16.2. The van der Waals surface area contributed by atoms with Crippen LogP contribution in [-0.2, 0) is 11.2 Å². The average molecular weight is 354 g/mol. The monoisotopic (exact) mass is 354 g/mol. The third-order valence-electron chi connectivity index (χ3n) is 4.94. The lowest BCUT2D eigenvalue weighted by Crippen LogP contribution is -2.38. The fourth-order valence-electron chi connectivity index (χ4n) is 3.62. The molecule has 1 saturated heterocycles. The standard InChI is InChI=1S/C21H30N4O/c1-15(2)25-19(9-11-22-25)18-8-6-7-17(23-18)13-16-10-12-24(14-16)20(26)21(3,4)5/h6-9,11,15-16H,10,12-14H2,1-5H3/t16-/m1/s1. The highest BCUT2D eigenvalue weighted by Crippen LogP contribution is 2.27. The molecule has 0 saturated carbocycles. The largest absolute Gasteiger partial charge is 0.342 e. The van der Waals surface area contributed by atoms with E-state index in [1.807, 2.05) is 48.7 Å². The summed E-state index contributed by atoms with van der Waals surface area (Å²) in [4.78, 5) is 19.4. The maximum Gasteiger partial charge on any atom is 0.227 e. The van der Waals surface area contributed by atoms with Crippen LogP contribution in [0.25, 0.3) is 11.4 Å². The van der Waals surface area contributed by atoms with Crippen LogP contribution < -0.4 is 0 Å². The van der Waals surface area contributed by atoms with Gasteiger partial charge in [-0.3, -0.25) is 14.5 Å². The fraction of sp³-hybridized carbons (Fsp3) is 0.571. The van der Waals surface area contributed by atoms with Gasteiger partial charge in [-0.05, 0) is 50.8 Å². The van der Waals surface area contributed by atoms with Crippen LogP contribution in [0.4, 0.5) is 0 Å². The molecule has 1 amide bonds. The second-order valence-corrected chi connectivity index (χ2v) is 8.63. The lowest BCUT2D eigenvalue weighted by Gasteiger charge is -2.25. The van der Waals surface area contributed by atoms with Gasteiger partial charge in [0.2, 0.25) is 5.91 Å². The van der Waals surface area contributed by atoms with Crippen molar-refractivity contribution in [2.75, 3.05) is 13.1 Å². The number of nitrogens with zero attached hydrogens (tertiary/aromatic N) is 4. The zero-order valence-electron chi connectivity index (χ0n) is 16.6. The normalized spacial score (nSPS) is 17.9. The Kier molecular flexibility index (Phi) is 5.17. The highest BCUT2D eigenvalue weighted by molar-refractivity contribution is 5.81. The van der Waals surface area contributed by atoms with Crippen molar-refractivity contribution in [3.8, 4) is 11.4 Å². The summed E-state index contributed by atoms with van der Waals surface area (Å²) in [5.74, 6) is 0.738. The first-order chi connectivity index (χ1) is 12.3. The highest BCUT2D eigenvalue weighted by Gasteiger charge is 2.32. The van der Waals surface area contributed by atoms with Crippen LogP contribution in [0.5, 0.6) is 0 Å². The molecule has 0 aliphatic carbocycles. The molecule has 140 valence electrons. The van der Waals surface area contributed by atoms with E-state index in [9.17, 15) is 4.79 Å². The molecule has 1 aliphatic heterocycles. The Hall–Kier alpha value is -2.17. The first-order valence-electron chi connectivity index (χ1n) is 9.55. The van der Waals surface area contributed by atoms with Crippen molar-refractivity contribution in [2.24, 2.45) is 11.3 Å². The average Bonchev–Trinajstić information content (AvgIpc) is 3.22. The molecule has 26 heavy (non-hydrogen) atoms. The molecule has 3 rings (SSSR count). The zero-order chi connectivity index (χ0) is 18.9. The van der Waals surface area contributed by atoms with E-state index < -0.39 is 0 Å². The molecule has 1 fully saturated rings. The third kappa shape index (κ3) is 3.97. The van der Waals surface area contributed by atoms with Gasteiger partial charge in [-0.2, -0.15) is 5.10 Å². The van der Waals surface area contributed by atoms with E-state index in [1.54, 1.807) is 0 Å². The molecule has 0 bridgehead atoms. The topological polar surface area (TPSA) is 51.0 Å². The smallest absolute Gasteiger partial charge is 0.227 e. The predicted molar refractivity (Wildman–Crippen MR) is 104 cm³/mol. The molecular formula is C21H30N4O. The lowest BCUT2D eigenvalue weighted by atomic mass is 9.95. The first-order valence-corrected chi connectivity index (χ1v) is 9.55. The molecule has 3 heterocycles. The van der Waals surface area contributed by atoms with Gasteiger partial charge >= 0.3 is 0 Å². The van der Waals surface area contributed by atoms with Crippen molar-refractivity contribution >= 4 is 5.91 Å². The van der Waals surface area contributed by atoms with Gasteiger partial charge in [-0.15, -0.1) is 0 Å². The summed E-state index contributed by atoms with van der Waals surface area (Å²) >= 11 is 0. The summed E-state index contributed by atoms with van der Waals surface area (Å²) in [5.41, 5.74) is 2.81. The van der Waals surface area contributed by atoms with Crippen molar-refractivity contribution in [2.45, 2.75) is 53.5 Å². The van der Waals surface area contributed by atoms with Gasteiger partial charge in [0.05, 0.1) is 11.4 Å². The molecule has 5 nitrogen and oxygen atoms in total. The Morgan fingerprint density at radius 2 is 2.04 bits per heavy atom. The lowest BCUT2D eigenvalue weighted by molar-refractivity contribution is -0.138. The minimum absolute atomic E-state index is 0.252. The van der Waals surface area contributed by atoms with Crippen molar-refractivity contribution in [1.82, 2.24) is 19.7 Å². The molecule has 1 atom stereocenters. The molecule has 0 radical (unpaired) electrons. The number of hydrogen-bond donors (Lipinski definition) is 0. The minimum Gasteiger partial charge on any atom is -0.342 e. The SMILES string of the molecule is CC(C)n1nccc1-c1cccc(C[C@H]2CCN(C(=O)C(C)(C)C)C2)n1.